The van der Waals surface area contributed by atoms with Crippen LogP contribution in [0, 0.1) is 12.7 Å². The number of hydrogen-bond donors (Lipinski definition) is 0. The maximum Gasteiger partial charge on any atom is 0.174 e. The lowest BCUT2D eigenvalue weighted by atomic mass is 9.99. The van der Waals surface area contributed by atoms with Crippen LogP contribution in [0.5, 0.6) is 5.75 Å². The van der Waals surface area contributed by atoms with Crippen LogP contribution in [-0.4, -0.2) is 18.4 Å². The average molecular weight is 280 g/mol. The number of ether oxygens (including phenoxy) is 1. The first kappa shape index (κ1) is 13.5. The van der Waals surface area contributed by atoms with Gasteiger partial charge in [-0.05, 0) is 30.7 Å². The predicted octanol–water partition coefficient (Wildman–Crippen LogP) is 3.67. The number of aryl methyl sites for hydroxylation is 1. The number of aldehydes is 1. The van der Waals surface area contributed by atoms with E-state index >= 15 is 0 Å². The van der Waals surface area contributed by atoms with E-state index in [-0.39, 0.29) is 16.3 Å². The van der Waals surface area contributed by atoms with E-state index in [9.17, 15) is 9.18 Å². The summed E-state index contributed by atoms with van der Waals surface area (Å²) in [5, 5.41) is 0.183. The lowest BCUT2D eigenvalue weighted by Crippen LogP contribution is -1.98. The standard InChI is InChI=1S/C14H11ClFNO2/c1-8-11(7-18)9(5-6-17-8)10-3-4-12(15)14(19-2)13(10)16/h3-7H,1-2H3. The third-order valence-electron chi connectivity index (χ3n) is 2.85. The first-order valence-electron chi connectivity index (χ1n) is 5.53. The van der Waals surface area contributed by atoms with Crippen molar-refractivity contribution in [1.82, 2.24) is 4.98 Å². The van der Waals surface area contributed by atoms with Gasteiger partial charge in [-0.3, -0.25) is 9.78 Å². The third kappa shape index (κ3) is 2.31. The van der Waals surface area contributed by atoms with Crippen molar-refractivity contribution in [2.24, 2.45) is 0 Å². The summed E-state index contributed by atoms with van der Waals surface area (Å²) in [4.78, 5) is 15.1. The number of halogens is 2. The molecule has 0 amide bonds. The van der Waals surface area contributed by atoms with Crippen LogP contribution < -0.4 is 4.74 Å². The first-order chi connectivity index (χ1) is 9.10. The number of hydrogen-bond acceptors (Lipinski definition) is 3. The maximum atomic E-state index is 14.3. The van der Waals surface area contributed by atoms with Gasteiger partial charge in [0.2, 0.25) is 0 Å². The largest absolute Gasteiger partial charge is 0.492 e. The van der Waals surface area contributed by atoms with Crippen molar-refractivity contribution in [2.75, 3.05) is 7.11 Å². The smallest absolute Gasteiger partial charge is 0.174 e. The Balaban J connectivity index is 2.73. The van der Waals surface area contributed by atoms with E-state index in [0.29, 0.717) is 23.1 Å². The molecule has 0 atom stereocenters. The van der Waals surface area contributed by atoms with Crippen molar-refractivity contribution < 1.29 is 13.9 Å². The Labute approximate surface area is 115 Å². The molecule has 0 N–H and O–H groups in total. The molecule has 0 aliphatic heterocycles. The molecule has 98 valence electrons. The quantitative estimate of drug-likeness (QED) is 0.805. The van der Waals surface area contributed by atoms with Crippen LogP contribution >= 0.6 is 11.6 Å². The van der Waals surface area contributed by atoms with E-state index in [1.165, 1.54) is 25.4 Å². The number of carbonyl (C=O) groups is 1. The fraction of sp³-hybridized carbons (Fsp3) is 0.143. The van der Waals surface area contributed by atoms with Crippen LogP contribution in [0.2, 0.25) is 5.02 Å². The van der Waals surface area contributed by atoms with Crippen molar-refractivity contribution in [3.63, 3.8) is 0 Å². The number of carbonyl (C=O) groups excluding carboxylic acids is 1. The maximum absolute atomic E-state index is 14.3. The van der Waals surface area contributed by atoms with E-state index in [1.807, 2.05) is 0 Å². The molecular weight excluding hydrogens is 269 g/mol. The van der Waals surface area contributed by atoms with E-state index in [0.717, 1.165) is 0 Å². The van der Waals surface area contributed by atoms with E-state index < -0.39 is 5.82 Å². The molecule has 0 radical (unpaired) electrons. The molecule has 0 aliphatic rings. The minimum Gasteiger partial charge on any atom is -0.492 e. The summed E-state index contributed by atoms with van der Waals surface area (Å²) in [5.74, 6) is -0.630. The van der Waals surface area contributed by atoms with E-state index in [2.05, 4.69) is 4.98 Å². The predicted molar refractivity (Wildman–Crippen MR) is 71.3 cm³/mol. The molecule has 19 heavy (non-hydrogen) atoms. The second-order valence-electron chi connectivity index (χ2n) is 3.92. The van der Waals surface area contributed by atoms with Gasteiger partial charge in [0.25, 0.3) is 0 Å². The molecule has 0 unspecified atom stereocenters. The summed E-state index contributed by atoms with van der Waals surface area (Å²) in [7, 11) is 1.34. The summed E-state index contributed by atoms with van der Waals surface area (Å²) in [5.41, 5.74) is 1.62. The normalized spacial score (nSPS) is 10.3. The highest BCUT2D eigenvalue weighted by molar-refractivity contribution is 6.32. The van der Waals surface area contributed by atoms with Gasteiger partial charge >= 0.3 is 0 Å². The Morgan fingerprint density at radius 3 is 2.68 bits per heavy atom. The minimum atomic E-state index is -0.594. The van der Waals surface area contributed by atoms with Gasteiger partial charge in [0, 0.05) is 23.0 Å². The number of nitrogens with zero attached hydrogens (tertiary/aromatic N) is 1. The van der Waals surface area contributed by atoms with Gasteiger partial charge in [-0.2, -0.15) is 0 Å². The summed E-state index contributed by atoms with van der Waals surface area (Å²) in [6.07, 6.45) is 2.19. The summed E-state index contributed by atoms with van der Waals surface area (Å²) >= 11 is 5.85. The molecular formula is C14H11ClFNO2. The van der Waals surface area contributed by atoms with Gasteiger partial charge in [0.1, 0.15) is 0 Å². The van der Waals surface area contributed by atoms with Crippen molar-refractivity contribution in [1.29, 1.82) is 0 Å². The van der Waals surface area contributed by atoms with Crippen molar-refractivity contribution in [2.45, 2.75) is 6.92 Å². The fourth-order valence-corrected chi connectivity index (χ4v) is 2.11. The average Bonchev–Trinajstić information content (AvgIpc) is 2.39. The second kappa shape index (κ2) is 5.36. The molecule has 5 heteroatoms. The topological polar surface area (TPSA) is 39.2 Å². The monoisotopic (exact) mass is 279 g/mol. The SMILES string of the molecule is COc1c(Cl)ccc(-c2ccnc(C)c2C=O)c1F. The number of aromatic nitrogens is 1. The van der Waals surface area contributed by atoms with Gasteiger partial charge in [-0.25, -0.2) is 4.39 Å². The van der Waals surface area contributed by atoms with Crippen molar-refractivity contribution >= 4 is 17.9 Å². The van der Waals surface area contributed by atoms with Gasteiger partial charge in [-0.1, -0.05) is 11.6 Å². The summed E-state index contributed by atoms with van der Waals surface area (Å²) in [6.45, 7) is 1.69. The third-order valence-corrected chi connectivity index (χ3v) is 3.15. The van der Waals surface area contributed by atoms with Crippen molar-refractivity contribution in [3.05, 3.63) is 46.5 Å². The Morgan fingerprint density at radius 2 is 2.05 bits per heavy atom. The molecule has 0 saturated heterocycles. The van der Waals surface area contributed by atoms with Crippen molar-refractivity contribution in [3.8, 4) is 16.9 Å². The zero-order valence-corrected chi connectivity index (χ0v) is 11.2. The number of methoxy groups -OCH3 is 1. The Morgan fingerprint density at radius 1 is 1.32 bits per heavy atom. The van der Waals surface area contributed by atoms with Gasteiger partial charge in [-0.15, -0.1) is 0 Å². The van der Waals surface area contributed by atoms with Crippen LogP contribution in [0.15, 0.2) is 24.4 Å². The molecule has 0 spiro atoms. The summed E-state index contributed by atoms with van der Waals surface area (Å²) in [6, 6.07) is 4.63. The van der Waals surface area contributed by atoms with Crippen LogP contribution in [-0.2, 0) is 0 Å². The van der Waals surface area contributed by atoms with Gasteiger partial charge in [0.15, 0.2) is 17.9 Å². The molecule has 0 saturated carbocycles. The lowest BCUT2D eigenvalue weighted by molar-refractivity contribution is 0.112. The fourth-order valence-electron chi connectivity index (χ4n) is 1.89. The van der Waals surface area contributed by atoms with E-state index in [4.69, 9.17) is 16.3 Å². The number of pyridine rings is 1. The molecule has 1 heterocycles. The zero-order chi connectivity index (χ0) is 14.0. The Kier molecular flexibility index (Phi) is 3.81. The number of benzene rings is 1. The number of rotatable bonds is 3. The summed E-state index contributed by atoms with van der Waals surface area (Å²) < 4.78 is 19.3. The molecule has 3 nitrogen and oxygen atoms in total. The molecule has 0 aliphatic carbocycles. The molecule has 1 aromatic heterocycles. The lowest BCUT2D eigenvalue weighted by Gasteiger charge is -2.11. The second-order valence-corrected chi connectivity index (χ2v) is 4.32. The minimum absolute atomic E-state index is 0.0366. The van der Waals surface area contributed by atoms with E-state index in [1.54, 1.807) is 13.0 Å². The zero-order valence-electron chi connectivity index (χ0n) is 10.4. The van der Waals surface area contributed by atoms with Crippen LogP contribution in [0.1, 0.15) is 16.1 Å². The Bertz CT molecular complexity index is 644. The highest BCUT2D eigenvalue weighted by Crippen LogP contribution is 2.36. The highest BCUT2D eigenvalue weighted by atomic mass is 35.5. The van der Waals surface area contributed by atoms with Crippen LogP contribution in [0.25, 0.3) is 11.1 Å². The molecule has 2 rings (SSSR count). The molecule has 0 bridgehead atoms. The van der Waals surface area contributed by atoms with Gasteiger partial charge < -0.3 is 4.74 Å². The molecule has 0 fully saturated rings. The molecule has 2 aromatic rings. The highest BCUT2D eigenvalue weighted by Gasteiger charge is 2.17. The van der Waals surface area contributed by atoms with Crippen LogP contribution in [0.4, 0.5) is 4.39 Å². The molecule has 1 aromatic carbocycles. The van der Waals surface area contributed by atoms with Gasteiger partial charge in [0.05, 0.1) is 12.1 Å². The first-order valence-corrected chi connectivity index (χ1v) is 5.91. The van der Waals surface area contributed by atoms with Crippen LogP contribution in [0.3, 0.4) is 0 Å². The Hall–Kier alpha value is -1.94.